The Bertz CT molecular complexity index is 702. The quantitative estimate of drug-likeness (QED) is 0.782. The number of fused-ring (bicyclic) bond motifs is 1. The number of hydrogen-bond donors (Lipinski definition) is 2. The van der Waals surface area contributed by atoms with Crippen LogP contribution < -0.4 is 14.8 Å². The highest BCUT2D eigenvalue weighted by molar-refractivity contribution is 14.1. The van der Waals surface area contributed by atoms with Crippen molar-refractivity contribution in [3.63, 3.8) is 0 Å². The third-order valence-electron chi connectivity index (χ3n) is 3.09. The van der Waals surface area contributed by atoms with Crippen LogP contribution in [0.1, 0.15) is 15.9 Å². The number of hydrogen-bond acceptors (Lipinski definition) is 4. The molecule has 3 rings (SSSR count). The van der Waals surface area contributed by atoms with Crippen molar-refractivity contribution >= 4 is 28.5 Å². The summed E-state index contributed by atoms with van der Waals surface area (Å²) >= 11 is 2.09. The maximum Gasteiger partial charge on any atom is 0.255 e. The van der Waals surface area contributed by atoms with Crippen molar-refractivity contribution in [2.45, 2.75) is 6.54 Å². The first-order chi connectivity index (χ1) is 10.1. The summed E-state index contributed by atoms with van der Waals surface area (Å²) in [5.41, 5.74) is 1.17. The summed E-state index contributed by atoms with van der Waals surface area (Å²) in [6.07, 6.45) is 0. The second-order valence-electron chi connectivity index (χ2n) is 4.53. The predicted molar refractivity (Wildman–Crippen MR) is 84.6 cm³/mol. The number of halogens is 1. The standard InChI is InChI=1S/C15H12INO4/c16-10-2-3-12(18)11(6-10)15(19)17-7-9-1-4-13-14(5-9)21-8-20-13/h1-6,18H,7-8H2,(H,17,19). The minimum Gasteiger partial charge on any atom is -0.507 e. The molecule has 0 bridgehead atoms. The Morgan fingerprint density at radius 1 is 1.19 bits per heavy atom. The van der Waals surface area contributed by atoms with Crippen LogP contribution in [-0.4, -0.2) is 17.8 Å². The zero-order valence-corrected chi connectivity index (χ0v) is 13.1. The molecule has 1 amide bonds. The maximum absolute atomic E-state index is 12.1. The van der Waals surface area contributed by atoms with E-state index in [1.54, 1.807) is 12.1 Å². The average molecular weight is 397 g/mol. The number of phenolic OH excluding ortho intramolecular Hbond substituents is 1. The maximum atomic E-state index is 12.1. The Balaban J connectivity index is 1.70. The van der Waals surface area contributed by atoms with Gasteiger partial charge in [0, 0.05) is 10.1 Å². The molecule has 21 heavy (non-hydrogen) atoms. The number of carbonyl (C=O) groups is 1. The van der Waals surface area contributed by atoms with Gasteiger partial charge in [0.05, 0.1) is 5.56 Å². The van der Waals surface area contributed by atoms with Crippen molar-refractivity contribution in [3.05, 3.63) is 51.1 Å². The van der Waals surface area contributed by atoms with E-state index in [1.165, 1.54) is 6.07 Å². The van der Waals surface area contributed by atoms with E-state index in [2.05, 4.69) is 27.9 Å². The van der Waals surface area contributed by atoms with E-state index in [0.29, 0.717) is 18.0 Å². The van der Waals surface area contributed by atoms with E-state index >= 15 is 0 Å². The van der Waals surface area contributed by atoms with Crippen LogP contribution in [0.25, 0.3) is 0 Å². The van der Waals surface area contributed by atoms with Crippen LogP contribution in [0.2, 0.25) is 0 Å². The van der Waals surface area contributed by atoms with Crippen LogP contribution in [0.15, 0.2) is 36.4 Å². The minimum absolute atomic E-state index is 0.0291. The van der Waals surface area contributed by atoms with Gasteiger partial charge in [0.25, 0.3) is 5.91 Å². The molecule has 2 aromatic carbocycles. The van der Waals surface area contributed by atoms with E-state index in [-0.39, 0.29) is 24.0 Å². The Hall–Kier alpha value is -1.96. The lowest BCUT2D eigenvalue weighted by Gasteiger charge is -2.08. The highest BCUT2D eigenvalue weighted by Gasteiger charge is 2.15. The number of ether oxygens (including phenoxy) is 2. The summed E-state index contributed by atoms with van der Waals surface area (Å²) in [6.45, 7) is 0.571. The van der Waals surface area contributed by atoms with E-state index < -0.39 is 0 Å². The van der Waals surface area contributed by atoms with Crippen LogP contribution in [0.5, 0.6) is 17.2 Å². The summed E-state index contributed by atoms with van der Waals surface area (Å²) in [5.74, 6) is 1.04. The Morgan fingerprint density at radius 2 is 2.00 bits per heavy atom. The lowest BCUT2D eigenvalue weighted by molar-refractivity contribution is 0.0948. The zero-order valence-electron chi connectivity index (χ0n) is 10.9. The van der Waals surface area contributed by atoms with Gasteiger partial charge in [-0.1, -0.05) is 6.07 Å². The lowest BCUT2D eigenvalue weighted by Crippen LogP contribution is -2.22. The first-order valence-corrected chi connectivity index (χ1v) is 7.36. The van der Waals surface area contributed by atoms with E-state index in [0.717, 1.165) is 9.13 Å². The smallest absolute Gasteiger partial charge is 0.255 e. The van der Waals surface area contributed by atoms with Gasteiger partial charge in [0.15, 0.2) is 11.5 Å². The Labute approximate surface area is 135 Å². The fourth-order valence-corrected chi connectivity index (χ4v) is 2.51. The Kier molecular flexibility index (Phi) is 3.87. The van der Waals surface area contributed by atoms with Gasteiger partial charge in [0.2, 0.25) is 6.79 Å². The number of amides is 1. The van der Waals surface area contributed by atoms with Gasteiger partial charge in [-0.2, -0.15) is 0 Å². The second kappa shape index (κ2) is 5.80. The first kappa shape index (κ1) is 14.0. The lowest BCUT2D eigenvalue weighted by atomic mass is 10.1. The summed E-state index contributed by atoms with van der Waals surface area (Å²) in [4.78, 5) is 12.1. The van der Waals surface area contributed by atoms with Gasteiger partial charge in [-0.3, -0.25) is 4.79 Å². The van der Waals surface area contributed by atoms with Crippen molar-refractivity contribution in [2.75, 3.05) is 6.79 Å². The van der Waals surface area contributed by atoms with Gasteiger partial charge in [-0.05, 0) is 58.5 Å². The summed E-state index contributed by atoms with van der Waals surface area (Å²) < 4.78 is 11.4. The van der Waals surface area contributed by atoms with Crippen LogP contribution in [-0.2, 0) is 6.54 Å². The molecule has 2 N–H and O–H groups in total. The third-order valence-corrected chi connectivity index (χ3v) is 3.76. The molecule has 1 heterocycles. The van der Waals surface area contributed by atoms with E-state index in [1.807, 2.05) is 18.2 Å². The molecule has 1 aliphatic heterocycles. The molecule has 0 saturated carbocycles. The number of benzene rings is 2. The highest BCUT2D eigenvalue weighted by Crippen LogP contribution is 2.32. The van der Waals surface area contributed by atoms with Crippen molar-refractivity contribution in [3.8, 4) is 17.2 Å². The Morgan fingerprint density at radius 3 is 2.86 bits per heavy atom. The second-order valence-corrected chi connectivity index (χ2v) is 5.78. The van der Waals surface area contributed by atoms with Crippen LogP contribution >= 0.6 is 22.6 Å². The van der Waals surface area contributed by atoms with E-state index in [4.69, 9.17) is 9.47 Å². The van der Waals surface area contributed by atoms with Crippen LogP contribution in [0, 0.1) is 3.57 Å². The SMILES string of the molecule is O=C(NCc1ccc2c(c1)OCO2)c1cc(I)ccc1O. The van der Waals surface area contributed by atoms with Gasteiger partial charge in [0.1, 0.15) is 5.75 Å². The van der Waals surface area contributed by atoms with Crippen molar-refractivity contribution in [1.29, 1.82) is 0 Å². The largest absolute Gasteiger partial charge is 0.507 e. The van der Waals surface area contributed by atoms with Crippen molar-refractivity contribution < 1.29 is 19.4 Å². The number of phenols is 1. The molecule has 0 atom stereocenters. The van der Waals surface area contributed by atoms with Crippen molar-refractivity contribution in [2.24, 2.45) is 0 Å². The molecule has 0 spiro atoms. The normalized spacial score (nSPS) is 12.2. The number of carbonyl (C=O) groups excluding carboxylic acids is 1. The number of rotatable bonds is 3. The topological polar surface area (TPSA) is 67.8 Å². The molecule has 6 heteroatoms. The molecule has 108 valence electrons. The van der Waals surface area contributed by atoms with Gasteiger partial charge in [-0.25, -0.2) is 0 Å². The number of nitrogens with one attached hydrogen (secondary N) is 1. The first-order valence-electron chi connectivity index (χ1n) is 6.29. The molecule has 5 nitrogen and oxygen atoms in total. The molecule has 1 aliphatic rings. The summed E-state index contributed by atoms with van der Waals surface area (Å²) in [6, 6.07) is 10.4. The highest BCUT2D eigenvalue weighted by atomic mass is 127. The molecule has 0 fully saturated rings. The third kappa shape index (κ3) is 3.05. The minimum atomic E-state index is -0.316. The van der Waals surface area contributed by atoms with Gasteiger partial charge in [-0.15, -0.1) is 0 Å². The molecule has 0 saturated heterocycles. The zero-order chi connectivity index (χ0) is 14.8. The fraction of sp³-hybridized carbons (Fsp3) is 0.133. The summed E-state index contributed by atoms with van der Waals surface area (Å²) in [7, 11) is 0. The monoisotopic (exact) mass is 397 g/mol. The summed E-state index contributed by atoms with van der Waals surface area (Å²) in [5, 5.41) is 12.5. The molecular formula is C15H12INO4. The predicted octanol–water partition coefficient (Wildman–Crippen LogP) is 2.66. The van der Waals surface area contributed by atoms with Gasteiger partial charge >= 0.3 is 0 Å². The van der Waals surface area contributed by atoms with E-state index in [9.17, 15) is 9.90 Å². The molecule has 2 aromatic rings. The molecular weight excluding hydrogens is 385 g/mol. The molecule has 0 unspecified atom stereocenters. The molecule has 0 aromatic heterocycles. The fourth-order valence-electron chi connectivity index (χ4n) is 2.02. The van der Waals surface area contributed by atoms with Crippen molar-refractivity contribution in [1.82, 2.24) is 5.32 Å². The van der Waals surface area contributed by atoms with Crippen LogP contribution in [0.3, 0.4) is 0 Å². The molecule has 0 radical (unpaired) electrons. The molecule has 0 aliphatic carbocycles. The average Bonchev–Trinajstić information content (AvgIpc) is 2.94. The van der Waals surface area contributed by atoms with Crippen LogP contribution in [0.4, 0.5) is 0 Å². The number of aromatic hydroxyl groups is 1. The van der Waals surface area contributed by atoms with Gasteiger partial charge < -0.3 is 19.9 Å².